The SMILES string of the molecule is COc1ccccc1OCCCCNN. The van der Waals surface area contributed by atoms with Crippen LogP contribution in [0.2, 0.25) is 0 Å². The fourth-order valence-corrected chi connectivity index (χ4v) is 1.25. The third kappa shape index (κ3) is 4.18. The molecule has 0 aromatic heterocycles. The van der Waals surface area contributed by atoms with Crippen LogP contribution < -0.4 is 20.7 Å². The lowest BCUT2D eigenvalue weighted by Crippen LogP contribution is -2.23. The molecule has 0 aliphatic rings. The number of nitrogens with two attached hydrogens (primary N) is 1. The molecule has 0 spiro atoms. The molecule has 0 fully saturated rings. The zero-order valence-corrected chi connectivity index (χ0v) is 9.03. The highest BCUT2D eigenvalue weighted by molar-refractivity contribution is 5.39. The molecule has 0 radical (unpaired) electrons. The number of rotatable bonds is 7. The first-order valence-corrected chi connectivity index (χ1v) is 5.07. The van der Waals surface area contributed by atoms with E-state index in [1.807, 2.05) is 24.3 Å². The Kier molecular flexibility index (Phi) is 5.58. The van der Waals surface area contributed by atoms with Crippen molar-refractivity contribution in [1.29, 1.82) is 0 Å². The lowest BCUT2D eigenvalue weighted by molar-refractivity contribution is 0.286. The molecule has 0 bridgehead atoms. The van der Waals surface area contributed by atoms with Crippen molar-refractivity contribution in [3.8, 4) is 11.5 Å². The van der Waals surface area contributed by atoms with E-state index in [9.17, 15) is 0 Å². The molecule has 84 valence electrons. The van der Waals surface area contributed by atoms with Crippen molar-refractivity contribution in [2.75, 3.05) is 20.3 Å². The van der Waals surface area contributed by atoms with E-state index in [4.69, 9.17) is 15.3 Å². The van der Waals surface area contributed by atoms with Crippen molar-refractivity contribution >= 4 is 0 Å². The summed E-state index contributed by atoms with van der Waals surface area (Å²) in [5.74, 6) is 6.72. The van der Waals surface area contributed by atoms with E-state index in [1.165, 1.54) is 0 Å². The third-order valence-electron chi connectivity index (χ3n) is 2.04. The predicted octanol–water partition coefficient (Wildman–Crippen LogP) is 1.32. The van der Waals surface area contributed by atoms with Gasteiger partial charge in [-0.2, -0.15) is 0 Å². The van der Waals surface area contributed by atoms with Gasteiger partial charge in [-0.05, 0) is 25.0 Å². The summed E-state index contributed by atoms with van der Waals surface area (Å²) in [6.07, 6.45) is 1.98. The van der Waals surface area contributed by atoms with Gasteiger partial charge in [0.25, 0.3) is 0 Å². The smallest absolute Gasteiger partial charge is 0.161 e. The van der Waals surface area contributed by atoms with Gasteiger partial charge >= 0.3 is 0 Å². The van der Waals surface area contributed by atoms with Crippen LogP contribution in [0.1, 0.15) is 12.8 Å². The molecule has 4 heteroatoms. The van der Waals surface area contributed by atoms with E-state index < -0.39 is 0 Å². The molecule has 0 unspecified atom stereocenters. The van der Waals surface area contributed by atoms with E-state index in [0.717, 1.165) is 30.9 Å². The van der Waals surface area contributed by atoms with E-state index in [-0.39, 0.29) is 0 Å². The van der Waals surface area contributed by atoms with Crippen LogP contribution in [0.3, 0.4) is 0 Å². The Labute approximate surface area is 90.3 Å². The average molecular weight is 210 g/mol. The van der Waals surface area contributed by atoms with E-state index in [0.29, 0.717) is 6.61 Å². The molecule has 0 saturated carbocycles. The zero-order valence-electron chi connectivity index (χ0n) is 9.03. The van der Waals surface area contributed by atoms with Crippen molar-refractivity contribution in [3.63, 3.8) is 0 Å². The fraction of sp³-hybridized carbons (Fsp3) is 0.455. The number of hydrazine groups is 1. The van der Waals surface area contributed by atoms with Gasteiger partial charge in [0.2, 0.25) is 0 Å². The first-order valence-electron chi connectivity index (χ1n) is 5.07. The zero-order chi connectivity index (χ0) is 10.9. The monoisotopic (exact) mass is 210 g/mol. The van der Waals surface area contributed by atoms with Gasteiger partial charge in [-0.15, -0.1) is 0 Å². The van der Waals surface area contributed by atoms with Gasteiger partial charge in [-0.25, -0.2) is 0 Å². The van der Waals surface area contributed by atoms with Gasteiger partial charge in [0, 0.05) is 6.54 Å². The minimum absolute atomic E-state index is 0.683. The molecule has 4 nitrogen and oxygen atoms in total. The molecular weight excluding hydrogens is 192 g/mol. The average Bonchev–Trinajstić information content (AvgIpc) is 2.29. The molecule has 3 N–H and O–H groups in total. The number of hydrogen-bond donors (Lipinski definition) is 2. The summed E-state index contributed by atoms with van der Waals surface area (Å²) in [4.78, 5) is 0. The topological polar surface area (TPSA) is 56.5 Å². The van der Waals surface area contributed by atoms with Crippen LogP contribution >= 0.6 is 0 Å². The maximum atomic E-state index is 5.58. The number of para-hydroxylation sites is 2. The van der Waals surface area contributed by atoms with Gasteiger partial charge in [-0.1, -0.05) is 12.1 Å². The highest BCUT2D eigenvalue weighted by Gasteiger charge is 2.01. The molecule has 15 heavy (non-hydrogen) atoms. The molecule has 1 aromatic rings. The number of nitrogens with one attached hydrogen (secondary N) is 1. The standard InChI is InChI=1S/C11H18N2O2/c1-14-10-6-2-3-7-11(10)15-9-5-4-8-13-12/h2-3,6-7,13H,4-5,8-9,12H2,1H3. The van der Waals surface area contributed by atoms with Gasteiger partial charge in [-0.3, -0.25) is 11.3 Å². The Bertz CT molecular complexity index is 279. The van der Waals surface area contributed by atoms with Crippen molar-refractivity contribution < 1.29 is 9.47 Å². The van der Waals surface area contributed by atoms with Crippen molar-refractivity contribution in [1.82, 2.24) is 5.43 Å². The Morgan fingerprint density at radius 1 is 1.20 bits per heavy atom. The van der Waals surface area contributed by atoms with Crippen molar-refractivity contribution in [2.45, 2.75) is 12.8 Å². The summed E-state index contributed by atoms with van der Waals surface area (Å²) in [5.41, 5.74) is 2.61. The van der Waals surface area contributed by atoms with Crippen LogP contribution in [0.5, 0.6) is 11.5 Å². The maximum Gasteiger partial charge on any atom is 0.161 e. The highest BCUT2D eigenvalue weighted by atomic mass is 16.5. The van der Waals surface area contributed by atoms with Gasteiger partial charge < -0.3 is 9.47 Å². The Hall–Kier alpha value is -1.26. The van der Waals surface area contributed by atoms with Crippen LogP contribution in [-0.4, -0.2) is 20.3 Å². The number of methoxy groups -OCH3 is 1. The van der Waals surface area contributed by atoms with Crippen LogP contribution in [-0.2, 0) is 0 Å². The van der Waals surface area contributed by atoms with E-state index >= 15 is 0 Å². The summed E-state index contributed by atoms with van der Waals surface area (Å²) >= 11 is 0. The highest BCUT2D eigenvalue weighted by Crippen LogP contribution is 2.25. The summed E-state index contributed by atoms with van der Waals surface area (Å²) in [5, 5.41) is 0. The molecule has 0 saturated heterocycles. The molecule has 0 atom stereocenters. The summed E-state index contributed by atoms with van der Waals surface area (Å²) < 4.78 is 10.7. The number of unbranched alkanes of at least 4 members (excludes halogenated alkanes) is 1. The summed E-state index contributed by atoms with van der Waals surface area (Å²) in [6.45, 7) is 1.50. The molecule has 0 aliphatic carbocycles. The minimum Gasteiger partial charge on any atom is -0.493 e. The number of benzene rings is 1. The molecule has 0 aliphatic heterocycles. The van der Waals surface area contributed by atoms with Gasteiger partial charge in [0.15, 0.2) is 11.5 Å². The first kappa shape index (κ1) is 11.8. The fourth-order valence-electron chi connectivity index (χ4n) is 1.25. The van der Waals surface area contributed by atoms with Crippen LogP contribution in [0.4, 0.5) is 0 Å². The maximum absolute atomic E-state index is 5.58. The second kappa shape index (κ2) is 7.09. The van der Waals surface area contributed by atoms with E-state index in [2.05, 4.69) is 5.43 Å². The Morgan fingerprint density at radius 3 is 2.60 bits per heavy atom. The van der Waals surface area contributed by atoms with Crippen molar-refractivity contribution in [2.24, 2.45) is 5.84 Å². The largest absolute Gasteiger partial charge is 0.493 e. The number of ether oxygens (including phenoxy) is 2. The van der Waals surface area contributed by atoms with E-state index in [1.54, 1.807) is 7.11 Å². The number of hydrogen-bond acceptors (Lipinski definition) is 4. The second-order valence-corrected chi connectivity index (χ2v) is 3.16. The van der Waals surface area contributed by atoms with Crippen molar-refractivity contribution in [3.05, 3.63) is 24.3 Å². The van der Waals surface area contributed by atoms with Crippen LogP contribution in [0, 0.1) is 0 Å². The third-order valence-corrected chi connectivity index (χ3v) is 2.04. The predicted molar refractivity (Wildman–Crippen MR) is 59.9 cm³/mol. The minimum atomic E-state index is 0.683. The van der Waals surface area contributed by atoms with Gasteiger partial charge in [0.1, 0.15) is 0 Å². The Morgan fingerprint density at radius 2 is 1.93 bits per heavy atom. The second-order valence-electron chi connectivity index (χ2n) is 3.16. The molecule has 0 heterocycles. The molecule has 1 aromatic carbocycles. The van der Waals surface area contributed by atoms with Crippen LogP contribution in [0.25, 0.3) is 0 Å². The normalized spacial score (nSPS) is 10.0. The van der Waals surface area contributed by atoms with Crippen LogP contribution in [0.15, 0.2) is 24.3 Å². The van der Waals surface area contributed by atoms with Gasteiger partial charge in [0.05, 0.1) is 13.7 Å². The molecule has 0 amide bonds. The quantitative estimate of drug-likeness (QED) is 0.405. The molecule has 1 rings (SSSR count). The Balaban J connectivity index is 2.30. The molecular formula is C11H18N2O2. The summed E-state index contributed by atoms with van der Waals surface area (Å²) in [6, 6.07) is 7.64. The summed E-state index contributed by atoms with van der Waals surface area (Å²) in [7, 11) is 1.64. The lowest BCUT2D eigenvalue weighted by Gasteiger charge is -2.09. The lowest BCUT2D eigenvalue weighted by atomic mass is 10.3. The first-order chi connectivity index (χ1) is 7.38.